The number of aliphatic carboxylic acids is 1. The van der Waals surface area contributed by atoms with Crippen LogP contribution in [-0.4, -0.2) is 27.4 Å². The number of hydrogen-bond acceptors (Lipinski definition) is 4. The zero-order chi connectivity index (χ0) is 18.1. The van der Waals surface area contributed by atoms with Gasteiger partial charge in [0.2, 0.25) is 0 Å². The van der Waals surface area contributed by atoms with Gasteiger partial charge in [0.15, 0.2) is 16.6 Å². The van der Waals surface area contributed by atoms with Crippen molar-refractivity contribution < 1.29 is 24.1 Å². The highest BCUT2D eigenvalue weighted by Crippen LogP contribution is 2.33. The molecule has 5 nitrogen and oxygen atoms in total. The number of thiophene rings is 1. The van der Waals surface area contributed by atoms with Crippen LogP contribution < -0.4 is 4.74 Å². The van der Waals surface area contributed by atoms with Gasteiger partial charge >= 0.3 is 5.97 Å². The van der Waals surface area contributed by atoms with Gasteiger partial charge in [-0.25, -0.2) is 4.39 Å². The number of carboxylic acid groups (broad SMARTS) is 1. The largest absolute Gasteiger partial charge is 0.505 e. The molecule has 2 heterocycles. The van der Waals surface area contributed by atoms with Crippen LogP contribution in [0.4, 0.5) is 4.39 Å². The van der Waals surface area contributed by atoms with Crippen molar-refractivity contribution in [2.75, 3.05) is 6.61 Å². The molecule has 0 saturated heterocycles. The van der Waals surface area contributed by atoms with Crippen molar-refractivity contribution >= 4 is 28.2 Å². The van der Waals surface area contributed by atoms with Crippen LogP contribution in [0.15, 0.2) is 24.3 Å². The molecule has 0 radical (unpaired) electrons. The van der Waals surface area contributed by atoms with Crippen molar-refractivity contribution in [3.8, 4) is 10.8 Å². The second-order valence-corrected chi connectivity index (χ2v) is 6.83. The third kappa shape index (κ3) is 3.32. The third-order valence-corrected chi connectivity index (χ3v) is 5.07. The standard InChI is InChI=1S/C18H18FNO4S/c1-3-24-18-5-4-11(25-18)9-20-10(2)12(7-17(22)23)13-6-16(21)14(19)8-15(13)20/h4-6,8,21H,3,7,9H2,1-2H3,(H,22,23). The predicted octanol–water partition coefficient (Wildman–Crippen LogP) is 3.93. The van der Waals surface area contributed by atoms with Crippen LogP contribution in [0.3, 0.4) is 0 Å². The van der Waals surface area contributed by atoms with Crippen LogP contribution in [0, 0.1) is 12.7 Å². The van der Waals surface area contributed by atoms with E-state index in [0.29, 0.717) is 29.6 Å². The minimum Gasteiger partial charge on any atom is -0.505 e. The number of halogens is 1. The number of benzene rings is 1. The summed E-state index contributed by atoms with van der Waals surface area (Å²) in [6.45, 7) is 4.78. The van der Waals surface area contributed by atoms with Crippen LogP contribution in [0.25, 0.3) is 10.9 Å². The molecule has 0 bridgehead atoms. The molecule has 2 N–H and O–H groups in total. The Balaban J connectivity index is 2.10. The lowest BCUT2D eigenvalue weighted by molar-refractivity contribution is -0.136. The first-order chi connectivity index (χ1) is 11.9. The van der Waals surface area contributed by atoms with E-state index >= 15 is 0 Å². The summed E-state index contributed by atoms with van der Waals surface area (Å²) in [7, 11) is 0. The highest BCUT2D eigenvalue weighted by molar-refractivity contribution is 7.13. The Kier molecular flexibility index (Phi) is 4.67. The van der Waals surface area contributed by atoms with Crippen LogP contribution >= 0.6 is 11.3 Å². The van der Waals surface area contributed by atoms with Crippen molar-refractivity contribution in [1.29, 1.82) is 0 Å². The zero-order valence-electron chi connectivity index (χ0n) is 13.9. The number of ether oxygens (including phenoxy) is 1. The molecule has 3 aromatic rings. The number of phenolic OH excluding ortho intramolecular Hbond substituents is 1. The van der Waals surface area contributed by atoms with E-state index in [1.807, 2.05) is 30.5 Å². The summed E-state index contributed by atoms with van der Waals surface area (Å²) < 4.78 is 21.2. The summed E-state index contributed by atoms with van der Waals surface area (Å²) in [6, 6.07) is 6.37. The number of fused-ring (bicyclic) bond motifs is 1. The Morgan fingerprint density at radius 2 is 2.12 bits per heavy atom. The SMILES string of the molecule is CCOc1ccc(Cn2c(C)c(CC(=O)O)c3cc(O)c(F)cc32)s1. The maximum atomic E-state index is 13.9. The lowest BCUT2D eigenvalue weighted by atomic mass is 10.1. The molecule has 0 saturated carbocycles. The van der Waals surface area contributed by atoms with Gasteiger partial charge in [-0.3, -0.25) is 4.79 Å². The average molecular weight is 363 g/mol. The molecule has 0 aliphatic rings. The number of phenols is 1. The van der Waals surface area contributed by atoms with Crippen LogP contribution in [-0.2, 0) is 17.8 Å². The minimum absolute atomic E-state index is 0.185. The maximum absolute atomic E-state index is 13.9. The highest BCUT2D eigenvalue weighted by Gasteiger charge is 2.19. The zero-order valence-corrected chi connectivity index (χ0v) is 14.7. The summed E-state index contributed by atoms with van der Waals surface area (Å²) in [4.78, 5) is 12.2. The fraction of sp³-hybridized carbons (Fsp3) is 0.278. The number of aromatic hydroxyl groups is 1. The van der Waals surface area contributed by atoms with Gasteiger partial charge in [-0.15, -0.1) is 11.3 Å². The third-order valence-electron chi connectivity index (χ3n) is 4.09. The number of carboxylic acids is 1. The Labute approximate surface area is 147 Å². The Hall–Kier alpha value is -2.54. The fourth-order valence-corrected chi connectivity index (χ4v) is 3.85. The molecule has 132 valence electrons. The highest BCUT2D eigenvalue weighted by atomic mass is 32.1. The molecule has 0 atom stereocenters. The van der Waals surface area contributed by atoms with Crippen LogP contribution in [0.5, 0.6) is 10.8 Å². The summed E-state index contributed by atoms with van der Waals surface area (Å²) in [6.07, 6.45) is -0.185. The van der Waals surface area contributed by atoms with Crippen LogP contribution in [0.2, 0.25) is 0 Å². The molecule has 2 aromatic heterocycles. The summed E-state index contributed by atoms with van der Waals surface area (Å²) in [5.74, 6) is -2.18. The topological polar surface area (TPSA) is 71.7 Å². The normalized spacial score (nSPS) is 11.2. The second-order valence-electron chi connectivity index (χ2n) is 5.70. The van der Waals surface area contributed by atoms with Gasteiger partial charge in [-0.1, -0.05) is 0 Å². The maximum Gasteiger partial charge on any atom is 0.307 e. The number of aromatic nitrogens is 1. The first-order valence-corrected chi connectivity index (χ1v) is 8.65. The summed E-state index contributed by atoms with van der Waals surface area (Å²) in [5.41, 5.74) is 1.89. The van der Waals surface area contributed by atoms with E-state index in [9.17, 15) is 19.4 Å². The average Bonchev–Trinajstić information content (AvgIpc) is 3.08. The number of nitrogens with zero attached hydrogens (tertiary/aromatic N) is 1. The van der Waals surface area contributed by atoms with E-state index in [-0.39, 0.29) is 6.42 Å². The molecule has 0 aliphatic heterocycles. The second kappa shape index (κ2) is 6.76. The predicted molar refractivity (Wildman–Crippen MR) is 94.2 cm³/mol. The Bertz CT molecular complexity index is 944. The van der Waals surface area contributed by atoms with Crippen LogP contribution in [0.1, 0.15) is 23.1 Å². The summed E-state index contributed by atoms with van der Waals surface area (Å²) >= 11 is 1.50. The lowest BCUT2D eigenvalue weighted by Crippen LogP contribution is -2.04. The van der Waals surface area contributed by atoms with Crippen molar-refractivity contribution in [3.63, 3.8) is 0 Å². The summed E-state index contributed by atoms with van der Waals surface area (Å²) in [5, 5.41) is 20.2. The first-order valence-electron chi connectivity index (χ1n) is 7.84. The van der Waals surface area contributed by atoms with E-state index in [2.05, 4.69) is 0 Å². The van der Waals surface area contributed by atoms with Crippen molar-refractivity contribution in [2.24, 2.45) is 0 Å². The van der Waals surface area contributed by atoms with E-state index in [0.717, 1.165) is 15.6 Å². The van der Waals surface area contributed by atoms with E-state index in [1.165, 1.54) is 23.5 Å². The van der Waals surface area contributed by atoms with Gasteiger partial charge in [0.05, 0.1) is 25.1 Å². The van der Waals surface area contributed by atoms with Gasteiger partial charge in [0.25, 0.3) is 0 Å². The van der Waals surface area contributed by atoms with Crippen molar-refractivity contribution in [3.05, 3.63) is 46.2 Å². The van der Waals surface area contributed by atoms with Gasteiger partial charge in [-0.2, -0.15) is 0 Å². The van der Waals surface area contributed by atoms with Gasteiger partial charge in [0, 0.05) is 22.0 Å². The molecule has 25 heavy (non-hydrogen) atoms. The van der Waals surface area contributed by atoms with Gasteiger partial charge in [0.1, 0.15) is 0 Å². The number of rotatable bonds is 6. The molecule has 0 unspecified atom stereocenters. The monoisotopic (exact) mass is 363 g/mol. The molecule has 0 fully saturated rings. The van der Waals surface area contributed by atoms with Gasteiger partial charge < -0.3 is 19.5 Å². The molecule has 7 heteroatoms. The lowest BCUT2D eigenvalue weighted by Gasteiger charge is -2.07. The molecular formula is C18H18FNO4S. The molecular weight excluding hydrogens is 345 g/mol. The molecule has 0 amide bonds. The number of carbonyl (C=O) groups is 1. The quantitative estimate of drug-likeness (QED) is 0.696. The first kappa shape index (κ1) is 17.3. The molecule has 1 aromatic carbocycles. The molecule has 0 aliphatic carbocycles. The molecule has 0 spiro atoms. The minimum atomic E-state index is -0.972. The van der Waals surface area contributed by atoms with Crippen molar-refractivity contribution in [1.82, 2.24) is 4.57 Å². The van der Waals surface area contributed by atoms with E-state index in [1.54, 1.807) is 0 Å². The fourth-order valence-electron chi connectivity index (χ4n) is 2.95. The van der Waals surface area contributed by atoms with E-state index in [4.69, 9.17) is 4.74 Å². The number of hydrogen-bond donors (Lipinski definition) is 2. The van der Waals surface area contributed by atoms with Crippen molar-refractivity contribution in [2.45, 2.75) is 26.8 Å². The van der Waals surface area contributed by atoms with E-state index < -0.39 is 17.5 Å². The Morgan fingerprint density at radius 3 is 2.80 bits per heavy atom. The smallest absolute Gasteiger partial charge is 0.307 e. The molecule has 3 rings (SSSR count). The Morgan fingerprint density at radius 1 is 1.36 bits per heavy atom. The van der Waals surface area contributed by atoms with Gasteiger partial charge in [-0.05, 0) is 37.6 Å².